The number of benzene rings is 3. The molecular weight excluding hydrogens is 759 g/mol. The van der Waals surface area contributed by atoms with Crippen LogP contribution in [0.3, 0.4) is 0 Å². The van der Waals surface area contributed by atoms with Crippen molar-refractivity contribution in [2.75, 3.05) is 13.7 Å². The van der Waals surface area contributed by atoms with E-state index in [1.807, 2.05) is 6.92 Å². The fourth-order valence-electron chi connectivity index (χ4n) is 5.53. The number of carbonyl (C=O) groups excluding carboxylic acids is 1. The number of hydrogen-bond acceptors (Lipinski definition) is 11. The first kappa shape index (κ1) is 36.3. The van der Waals surface area contributed by atoms with Crippen molar-refractivity contribution in [1.82, 2.24) is 19.7 Å². The number of allylic oxidation sites excluding steroid dienone is 1. The smallest absolute Gasteiger partial charge is 0.338 e. The first-order chi connectivity index (χ1) is 24.5. The Morgan fingerprint density at radius 2 is 1.88 bits per heavy atom. The minimum absolute atomic E-state index is 0.118. The van der Waals surface area contributed by atoms with Crippen LogP contribution in [0.2, 0.25) is 15.1 Å². The van der Waals surface area contributed by atoms with Crippen LogP contribution >= 0.6 is 57.9 Å². The van der Waals surface area contributed by atoms with Crippen LogP contribution in [-0.2, 0) is 9.53 Å². The zero-order valence-corrected chi connectivity index (χ0v) is 31.0. The largest absolute Gasteiger partial charge is 0.496 e. The Bertz CT molecular complexity index is 2410. The van der Waals surface area contributed by atoms with E-state index in [4.69, 9.17) is 49.3 Å². The second kappa shape index (κ2) is 15.4. The number of methoxy groups -OCH3 is 1. The van der Waals surface area contributed by atoms with Gasteiger partial charge in [-0.1, -0.05) is 65.6 Å². The summed E-state index contributed by atoms with van der Waals surface area (Å²) in [6, 6.07) is 13.5. The van der Waals surface area contributed by atoms with Crippen LogP contribution in [0.25, 0.3) is 17.5 Å². The fraction of sp³-hybridized carbons (Fsp3) is 0.206. The van der Waals surface area contributed by atoms with Crippen LogP contribution in [0.4, 0.5) is 5.69 Å². The molecule has 51 heavy (non-hydrogen) atoms. The van der Waals surface area contributed by atoms with E-state index in [0.717, 1.165) is 23.1 Å². The molecular formula is C34H27Cl3N6O6S2. The number of hydrogen-bond donors (Lipinski definition) is 1. The number of thiazole rings is 1. The molecule has 3 heterocycles. The van der Waals surface area contributed by atoms with Gasteiger partial charge in [-0.2, -0.15) is 0 Å². The number of aromatic amines is 1. The minimum atomic E-state index is -0.959. The lowest BCUT2D eigenvalue weighted by Gasteiger charge is -2.27. The van der Waals surface area contributed by atoms with Crippen LogP contribution in [0, 0.1) is 10.1 Å². The lowest BCUT2D eigenvalue weighted by molar-refractivity contribution is -0.387. The number of ether oxygens (including phenoxy) is 2. The molecule has 0 aliphatic carbocycles. The van der Waals surface area contributed by atoms with E-state index in [0.29, 0.717) is 66.7 Å². The second-order valence-corrected chi connectivity index (χ2v) is 14.3. The number of nitro benzene ring substituents is 1. The van der Waals surface area contributed by atoms with Gasteiger partial charge >= 0.3 is 5.97 Å². The van der Waals surface area contributed by atoms with Crippen molar-refractivity contribution in [2.45, 2.75) is 42.8 Å². The molecule has 2 aromatic heterocycles. The van der Waals surface area contributed by atoms with Crippen molar-refractivity contribution >= 4 is 75.6 Å². The van der Waals surface area contributed by atoms with Crippen molar-refractivity contribution in [3.63, 3.8) is 0 Å². The summed E-state index contributed by atoms with van der Waals surface area (Å²) in [5.41, 5.74) is 1.47. The van der Waals surface area contributed by atoms with E-state index in [1.54, 1.807) is 61.5 Å². The first-order valence-corrected chi connectivity index (χ1v) is 18.2. The van der Waals surface area contributed by atoms with Crippen molar-refractivity contribution < 1.29 is 19.2 Å². The zero-order valence-electron chi connectivity index (χ0n) is 27.1. The molecule has 1 aliphatic heterocycles. The van der Waals surface area contributed by atoms with Gasteiger partial charge < -0.3 is 9.47 Å². The highest BCUT2D eigenvalue weighted by molar-refractivity contribution is 7.99. The number of halogens is 3. The molecule has 0 fully saturated rings. The summed E-state index contributed by atoms with van der Waals surface area (Å²) in [4.78, 5) is 49.3. The van der Waals surface area contributed by atoms with Crippen molar-refractivity contribution in [3.8, 4) is 17.1 Å². The average molecular weight is 786 g/mol. The number of fused-ring (bicyclic) bond motifs is 1. The predicted molar refractivity (Wildman–Crippen MR) is 197 cm³/mol. The molecule has 1 N–H and O–H groups in total. The number of aromatic nitrogens is 4. The second-order valence-electron chi connectivity index (χ2n) is 11.0. The van der Waals surface area contributed by atoms with Gasteiger partial charge in [0, 0.05) is 27.2 Å². The lowest BCUT2D eigenvalue weighted by atomic mass is 9.93. The third-order valence-electron chi connectivity index (χ3n) is 7.71. The Morgan fingerprint density at radius 1 is 1.12 bits per heavy atom. The van der Waals surface area contributed by atoms with Crippen molar-refractivity contribution in [3.05, 3.63) is 122 Å². The van der Waals surface area contributed by atoms with E-state index in [9.17, 15) is 19.7 Å². The molecule has 17 heteroatoms. The highest BCUT2D eigenvalue weighted by atomic mass is 35.5. The Hall–Kier alpha value is -4.47. The molecule has 5 aromatic rings. The summed E-state index contributed by atoms with van der Waals surface area (Å²) in [5.74, 6) is 0.178. The summed E-state index contributed by atoms with van der Waals surface area (Å²) in [6.07, 6.45) is 2.68. The number of nitrogens with one attached hydrogen (secondary N) is 1. The molecule has 0 radical (unpaired) electrons. The normalized spacial score (nSPS) is 14.3. The molecule has 0 saturated heterocycles. The molecule has 0 unspecified atom stereocenters. The molecule has 3 aromatic carbocycles. The summed E-state index contributed by atoms with van der Waals surface area (Å²) in [5, 5.41) is 20.7. The Kier molecular flexibility index (Phi) is 11.0. The zero-order chi connectivity index (χ0) is 36.4. The topological polar surface area (TPSA) is 155 Å². The summed E-state index contributed by atoms with van der Waals surface area (Å²) in [7, 11) is 1.49. The highest BCUT2D eigenvalue weighted by Gasteiger charge is 2.36. The maximum Gasteiger partial charge on any atom is 0.338 e. The van der Waals surface area contributed by atoms with Gasteiger partial charge in [-0.05, 0) is 79.2 Å². The van der Waals surface area contributed by atoms with Crippen LogP contribution < -0.4 is 19.6 Å². The van der Waals surface area contributed by atoms with Gasteiger partial charge in [-0.15, -0.1) is 5.10 Å². The van der Waals surface area contributed by atoms with Gasteiger partial charge in [0.2, 0.25) is 5.16 Å². The van der Waals surface area contributed by atoms with Gasteiger partial charge in [0.05, 0.1) is 44.4 Å². The van der Waals surface area contributed by atoms with E-state index in [-0.39, 0.29) is 32.5 Å². The maximum atomic E-state index is 14.2. The van der Waals surface area contributed by atoms with Gasteiger partial charge in [-0.25, -0.2) is 14.8 Å². The molecule has 12 nitrogen and oxygen atoms in total. The molecule has 0 bridgehead atoms. The molecule has 0 spiro atoms. The van der Waals surface area contributed by atoms with E-state index in [2.05, 4.69) is 15.2 Å². The molecule has 0 amide bonds. The van der Waals surface area contributed by atoms with Crippen molar-refractivity contribution in [1.29, 1.82) is 0 Å². The van der Waals surface area contributed by atoms with Crippen LogP contribution in [-0.4, -0.2) is 44.4 Å². The molecule has 1 atom stereocenters. The Balaban J connectivity index is 1.43. The molecule has 1 aliphatic rings. The van der Waals surface area contributed by atoms with Crippen LogP contribution in [0.1, 0.15) is 43.9 Å². The average Bonchev–Trinajstić information content (AvgIpc) is 3.68. The predicted octanol–water partition coefficient (Wildman–Crippen LogP) is 7.39. The number of nitro groups is 1. The van der Waals surface area contributed by atoms with E-state index < -0.39 is 22.5 Å². The Morgan fingerprint density at radius 3 is 2.59 bits per heavy atom. The molecule has 0 saturated carbocycles. The van der Waals surface area contributed by atoms with Gasteiger partial charge in [0.15, 0.2) is 10.6 Å². The quantitative estimate of drug-likeness (QED) is 0.0820. The molecule has 262 valence electrons. The highest BCUT2D eigenvalue weighted by Crippen LogP contribution is 2.39. The number of esters is 1. The number of nitrogens with zero attached hydrogens (tertiary/aromatic N) is 5. The first-order valence-electron chi connectivity index (χ1n) is 15.4. The van der Waals surface area contributed by atoms with Gasteiger partial charge in [0.25, 0.3) is 11.2 Å². The molecule has 6 rings (SSSR count). The summed E-state index contributed by atoms with van der Waals surface area (Å²) in [6.45, 7) is 3.78. The summed E-state index contributed by atoms with van der Waals surface area (Å²) >= 11 is 20.8. The van der Waals surface area contributed by atoms with Crippen LogP contribution in [0.15, 0.2) is 85.7 Å². The van der Waals surface area contributed by atoms with Crippen LogP contribution in [0.5, 0.6) is 5.75 Å². The SMILES string of the molecule is CCCC1=C(C(=O)OCC)[C@@H](c2cc(Cl)ccc2OC)n2c(s/c(=C\c3ccc(Sc4n[nH]c(-c5ccc(Cl)cc5Cl)n4)c([N+](=O)[O-])c3)c2=O)=N1. The standard InChI is InChI=1S/C34H27Cl3N6O6S2/c1-4-6-23-28(32(45)49-5-2)29(21-15-18(35)9-11-25(21)48-3)42-31(44)27(51-34(42)38-23)14-17-7-12-26(24(13-17)43(46)47)50-33-39-30(40-41-33)20-10-8-19(36)16-22(20)37/h7-16,29H,4-6H2,1-3H3,(H,39,40,41)/b27-14-/t29-/m1/s1. The third kappa shape index (κ3) is 7.46. The number of carbonyl (C=O) groups is 1. The van der Waals surface area contributed by atoms with E-state index >= 15 is 0 Å². The number of rotatable bonds is 11. The number of H-pyrrole nitrogens is 1. The fourth-order valence-corrected chi connectivity index (χ4v) is 8.03. The maximum absolute atomic E-state index is 14.2. The Labute approximate surface area is 313 Å². The van der Waals surface area contributed by atoms with Gasteiger partial charge in [-0.3, -0.25) is 24.6 Å². The van der Waals surface area contributed by atoms with E-state index in [1.165, 1.54) is 17.7 Å². The van der Waals surface area contributed by atoms with Crippen molar-refractivity contribution in [2.24, 2.45) is 4.99 Å². The minimum Gasteiger partial charge on any atom is -0.496 e. The summed E-state index contributed by atoms with van der Waals surface area (Å²) < 4.78 is 12.8. The lowest BCUT2D eigenvalue weighted by Crippen LogP contribution is -2.40. The van der Waals surface area contributed by atoms with Gasteiger partial charge in [0.1, 0.15) is 11.8 Å². The third-order valence-corrected chi connectivity index (χ3v) is 10.4. The monoisotopic (exact) mass is 784 g/mol.